The molecule has 0 aliphatic carbocycles. The van der Waals surface area contributed by atoms with Gasteiger partial charge in [-0.1, -0.05) is 12.2 Å². The van der Waals surface area contributed by atoms with Crippen molar-refractivity contribution in [3.8, 4) is 0 Å². The van der Waals surface area contributed by atoms with E-state index in [4.69, 9.17) is 10.5 Å². The largest absolute Gasteiger partial charge is 0.366 e. The molecule has 0 bridgehead atoms. The first kappa shape index (κ1) is 18.8. The molecule has 2 rings (SSSR count). The van der Waals surface area contributed by atoms with Gasteiger partial charge in [-0.2, -0.15) is 0 Å². The molecule has 1 aliphatic rings. The Kier molecular flexibility index (Phi) is 7.41. The van der Waals surface area contributed by atoms with Gasteiger partial charge in [0, 0.05) is 5.69 Å². The Bertz CT molecular complexity index is 583. The highest BCUT2D eigenvalue weighted by Crippen LogP contribution is 2.21. The van der Waals surface area contributed by atoms with E-state index in [0.29, 0.717) is 12.1 Å². The summed E-state index contributed by atoms with van der Waals surface area (Å²) in [6, 6.07) is 3.68. The number of rotatable bonds is 3. The van der Waals surface area contributed by atoms with E-state index in [-0.39, 0.29) is 17.6 Å². The van der Waals surface area contributed by atoms with Crippen LogP contribution in [0.15, 0.2) is 30.4 Å². The first-order chi connectivity index (χ1) is 10.9. The van der Waals surface area contributed by atoms with Gasteiger partial charge in [0.25, 0.3) is 11.8 Å². The van der Waals surface area contributed by atoms with Crippen LogP contribution in [0.3, 0.4) is 0 Å². The molecule has 6 heteroatoms. The molecule has 1 aliphatic heterocycles. The predicted octanol–water partition coefficient (Wildman–Crippen LogP) is 3.01. The third-order valence-electron chi connectivity index (χ3n) is 3.36. The first-order valence-corrected chi connectivity index (χ1v) is 7.52. The van der Waals surface area contributed by atoms with Gasteiger partial charge in [-0.3, -0.25) is 9.59 Å². The highest BCUT2D eigenvalue weighted by Gasteiger charge is 2.28. The Hall–Kier alpha value is -2.21. The van der Waals surface area contributed by atoms with E-state index in [0.717, 1.165) is 12.5 Å². The van der Waals surface area contributed by atoms with Crippen molar-refractivity contribution in [1.82, 2.24) is 0 Å². The van der Waals surface area contributed by atoms with Crippen molar-refractivity contribution in [2.45, 2.75) is 45.8 Å². The maximum absolute atomic E-state index is 13.3. The summed E-state index contributed by atoms with van der Waals surface area (Å²) in [6.07, 6.45) is 5.03. The lowest BCUT2D eigenvalue weighted by Gasteiger charge is -2.12. The first-order valence-electron chi connectivity index (χ1n) is 7.52. The second kappa shape index (κ2) is 9.05. The second-order valence-electron chi connectivity index (χ2n) is 5.23. The molecule has 2 unspecified atom stereocenters. The fourth-order valence-electron chi connectivity index (χ4n) is 2.01. The number of primary amides is 1. The number of amides is 2. The van der Waals surface area contributed by atoms with Gasteiger partial charge in [0.05, 0.1) is 11.7 Å². The average molecular weight is 322 g/mol. The number of nitrogens with one attached hydrogen (secondary N) is 1. The molecule has 1 saturated heterocycles. The van der Waals surface area contributed by atoms with Crippen LogP contribution >= 0.6 is 0 Å². The van der Waals surface area contributed by atoms with E-state index >= 15 is 0 Å². The zero-order valence-electron chi connectivity index (χ0n) is 13.6. The number of halogens is 1. The fraction of sp³-hybridized carbons (Fsp3) is 0.412. The molecule has 0 spiro atoms. The van der Waals surface area contributed by atoms with Gasteiger partial charge in [-0.15, -0.1) is 0 Å². The predicted molar refractivity (Wildman–Crippen MR) is 87.6 cm³/mol. The summed E-state index contributed by atoms with van der Waals surface area (Å²) in [6.45, 7) is 5.90. The summed E-state index contributed by atoms with van der Waals surface area (Å²) in [7, 11) is 0. The standard InChI is InChI=1S/C13H15FN2O3.C4H8/c1-7-2-5-11(19-7)13(18)16-8-3-4-10(14)9(6-8)12(15)17;1-3-4-2/h3-4,6-7,11H,2,5H2,1H3,(H2,15,17)(H,16,18);3-4H,1-2H3/b;4-3-. The summed E-state index contributed by atoms with van der Waals surface area (Å²) in [5.74, 6) is -1.89. The number of anilines is 1. The molecular formula is C17H23FN2O3. The molecule has 1 aromatic rings. The molecule has 2 amide bonds. The number of hydrogen-bond acceptors (Lipinski definition) is 3. The molecule has 0 aromatic heterocycles. The van der Waals surface area contributed by atoms with Crippen LogP contribution in [0.5, 0.6) is 0 Å². The Morgan fingerprint density at radius 1 is 1.30 bits per heavy atom. The number of nitrogens with two attached hydrogens (primary N) is 1. The van der Waals surface area contributed by atoms with Gasteiger partial charge in [0.1, 0.15) is 11.9 Å². The van der Waals surface area contributed by atoms with Crippen molar-refractivity contribution >= 4 is 17.5 Å². The summed E-state index contributed by atoms with van der Waals surface area (Å²) in [5, 5.41) is 2.59. The van der Waals surface area contributed by atoms with Crippen LogP contribution in [0.4, 0.5) is 10.1 Å². The quantitative estimate of drug-likeness (QED) is 0.839. The summed E-state index contributed by atoms with van der Waals surface area (Å²) in [4.78, 5) is 22.9. The third-order valence-corrected chi connectivity index (χ3v) is 3.36. The Morgan fingerprint density at radius 2 is 1.96 bits per heavy atom. The van der Waals surface area contributed by atoms with E-state index in [9.17, 15) is 14.0 Å². The van der Waals surface area contributed by atoms with Crippen molar-refractivity contribution < 1.29 is 18.7 Å². The van der Waals surface area contributed by atoms with Gasteiger partial charge >= 0.3 is 0 Å². The number of allylic oxidation sites excluding steroid dienone is 2. The summed E-state index contributed by atoms with van der Waals surface area (Å²) >= 11 is 0. The van der Waals surface area contributed by atoms with Crippen molar-refractivity contribution in [2.75, 3.05) is 5.32 Å². The van der Waals surface area contributed by atoms with Crippen molar-refractivity contribution in [2.24, 2.45) is 5.73 Å². The minimum absolute atomic E-state index is 0.0603. The SMILES string of the molecule is C/C=C\C.CC1CCC(C(=O)Nc2ccc(F)c(C(N)=O)c2)O1. The molecule has 0 saturated carbocycles. The van der Waals surface area contributed by atoms with Gasteiger partial charge in [0.15, 0.2) is 0 Å². The van der Waals surface area contributed by atoms with E-state index < -0.39 is 17.8 Å². The van der Waals surface area contributed by atoms with Crippen molar-refractivity contribution in [3.05, 3.63) is 41.7 Å². The maximum atomic E-state index is 13.3. The van der Waals surface area contributed by atoms with E-state index in [1.807, 2.05) is 32.9 Å². The number of carbonyl (C=O) groups is 2. The summed E-state index contributed by atoms with van der Waals surface area (Å²) in [5.41, 5.74) is 5.11. The molecule has 23 heavy (non-hydrogen) atoms. The number of ether oxygens (including phenoxy) is 1. The normalized spacial score (nSPS) is 20.0. The molecule has 3 N–H and O–H groups in total. The van der Waals surface area contributed by atoms with E-state index in [1.54, 1.807) is 0 Å². The molecule has 2 atom stereocenters. The smallest absolute Gasteiger partial charge is 0.253 e. The second-order valence-corrected chi connectivity index (χ2v) is 5.23. The molecule has 0 radical (unpaired) electrons. The maximum Gasteiger partial charge on any atom is 0.253 e. The lowest BCUT2D eigenvalue weighted by atomic mass is 10.1. The molecule has 1 fully saturated rings. The minimum Gasteiger partial charge on any atom is -0.366 e. The van der Waals surface area contributed by atoms with Crippen molar-refractivity contribution in [3.63, 3.8) is 0 Å². The van der Waals surface area contributed by atoms with Crippen LogP contribution in [0.25, 0.3) is 0 Å². The van der Waals surface area contributed by atoms with Gasteiger partial charge in [-0.25, -0.2) is 4.39 Å². The van der Waals surface area contributed by atoms with Gasteiger partial charge < -0.3 is 15.8 Å². The van der Waals surface area contributed by atoms with Crippen LogP contribution in [0, 0.1) is 5.82 Å². The van der Waals surface area contributed by atoms with Crippen LogP contribution in [0.2, 0.25) is 0 Å². The van der Waals surface area contributed by atoms with Crippen LogP contribution in [-0.4, -0.2) is 24.0 Å². The van der Waals surface area contributed by atoms with Gasteiger partial charge in [-0.05, 0) is 51.8 Å². The topological polar surface area (TPSA) is 81.4 Å². The highest BCUT2D eigenvalue weighted by atomic mass is 19.1. The zero-order valence-corrected chi connectivity index (χ0v) is 13.6. The van der Waals surface area contributed by atoms with Gasteiger partial charge in [0.2, 0.25) is 0 Å². The fourth-order valence-corrected chi connectivity index (χ4v) is 2.01. The molecule has 5 nitrogen and oxygen atoms in total. The summed E-state index contributed by atoms with van der Waals surface area (Å²) < 4.78 is 18.7. The molecule has 126 valence electrons. The van der Waals surface area contributed by atoms with E-state index in [2.05, 4.69) is 5.32 Å². The monoisotopic (exact) mass is 322 g/mol. The van der Waals surface area contributed by atoms with Crippen LogP contribution in [-0.2, 0) is 9.53 Å². The number of hydrogen-bond donors (Lipinski definition) is 2. The molecular weight excluding hydrogens is 299 g/mol. The lowest BCUT2D eigenvalue weighted by Crippen LogP contribution is -2.28. The number of benzene rings is 1. The van der Waals surface area contributed by atoms with Crippen LogP contribution < -0.4 is 11.1 Å². The van der Waals surface area contributed by atoms with Crippen LogP contribution in [0.1, 0.15) is 44.0 Å². The molecule has 1 aromatic carbocycles. The average Bonchev–Trinajstić information content (AvgIpc) is 2.96. The highest BCUT2D eigenvalue weighted by molar-refractivity contribution is 5.97. The van der Waals surface area contributed by atoms with E-state index in [1.165, 1.54) is 12.1 Å². The minimum atomic E-state index is -0.876. The Balaban J connectivity index is 0.000000593. The third kappa shape index (κ3) is 5.83. The zero-order chi connectivity index (χ0) is 17.4. The Morgan fingerprint density at radius 3 is 2.43 bits per heavy atom. The Labute approximate surface area is 135 Å². The van der Waals surface area contributed by atoms with Crippen molar-refractivity contribution in [1.29, 1.82) is 0 Å². The molecule has 1 heterocycles. The number of carbonyl (C=O) groups excluding carboxylic acids is 2. The lowest BCUT2D eigenvalue weighted by molar-refractivity contribution is -0.126.